The van der Waals surface area contributed by atoms with E-state index >= 15 is 0 Å². The molecule has 130 valence electrons. The predicted octanol–water partition coefficient (Wildman–Crippen LogP) is 1.99. The molecule has 1 heterocycles. The molecule has 2 rings (SSSR count). The van der Waals surface area contributed by atoms with E-state index in [1.807, 2.05) is 0 Å². The van der Waals surface area contributed by atoms with E-state index in [4.69, 9.17) is 5.73 Å². The average Bonchev–Trinajstić information content (AvgIpc) is 2.49. The number of aryl methyl sites for hydroxylation is 2. The van der Waals surface area contributed by atoms with E-state index in [9.17, 15) is 18.5 Å². The maximum Gasteiger partial charge on any atom is 0.289 e. The van der Waals surface area contributed by atoms with Crippen LogP contribution in [0.5, 0.6) is 0 Å². The lowest BCUT2D eigenvalue weighted by molar-refractivity contribution is -0.387. The number of hydrogen-bond donors (Lipinski definition) is 1. The van der Waals surface area contributed by atoms with Gasteiger partial charge in [0.05, 0.1) is 4.92 Å². The zero-order chi connectivity index (χ0) is 16.5. The first-order valence-electron chi connectivity index (χ1n) is 7.23. The number of nitrogens with zero attached hydrogens (tertiary/aromatic N) is 2. The normalized spacial score (nSPS) is 16.8. The number of sulfonamides is 1. The molecule has 0 aromatic heterocycles. The summed E-state index contributed by atoms with van der Waals surface area (Å²) in [4.78, 5) is 10.4. The van der Waals surface area contributed by atoms with Crippen molar-refractivity contribution in [2.45, 2.75) is 31.6 Å². The van der Waals surface area contributed by atoms with Crippen LogP contribution in [0.15, 0.2) is 17.0 Å². The van der Waals surface area contributed by atoms with Crippen LogP contribution >= 0.6 is 12.4 Å². The second-order valence-electron chi connectivity index (χ2n) is 5.74. The molecule has 23 heavy (non-hydrogen) atoms. The minimum atomic E-state index is -3.86. The second-order valence-corrected chi connectivity index (χ2v) is 7.65. The molecule has 1 saturated heterocycles. The lowest BCUT2D eigenvalue weighted by Crippen LogP contribution is -2.40. The fourth-order valence-electron chi connectivity index (χ4n) is 2.65. The topological polar surface area (TPSA) is 107 Å². The highest BCUT2D eigenvalue weighted by atomic mass is 35.5. The molecule has 2 N–H and O–H groups in total. The minimum absolute atomic E-state index is 0. The predicted molar refractivity (Wildman–Crippen MR) is 90.4 cm³/mol. The lowest BCUT2D eigenvalue weighted by atomic mass is 9.99. The Labute approximate surface area is 142 Å². The van der Waals surface area contributed by atoms with Crippen LogP contribution in [0.1, 0.15) is 24.0 Å². The molecule has 1 aliphatic rings. The van der Waals surface area contributed by atoms with Gasteiger partial charge in [0.1, 0.15) is 0 Å². The molecule has 0 spiro atoms. The minimum Gasteiger partial charge on any atom is -0.330 e. The number of nitro benzene ring substituents is 1. The average molecular weight is 364 g/mol. The summed E-state index contributed by atoms with van der Waals surface area (Å²) in [6.07, 6.45) is 1.38. The SMILES string of the molecule is Cc1cc([N+](=O)[O-])c(S(=O)(=O)N2CCC(CN)CC2)cc1C.Cl. The van der Waals surface area contributed by atoms with Crippen molar-refractivity contribution < 1.29 is 13.3 Å². The number of benzene rings is 1. The lowest BCUT2D eigenvalue weighted by Gasteiger charge is -2.30. The Bertz CT molecular complexity index is 686. The zero-order valence-corrected chi connectivity index (χ0v) is 14.8. The molecule has 0 saturated carbocycles. The molecule has 1 aromatic rings. The summed E-state index contributed by atoms with van der Waals surface area (Å²) in [5, 5.41) is 11.2. The highest BCUT2D eigenvalue weighted by molar-refractivity contribution is 7.89. The number of piperidine rings is 1. The zero-order valence-electron chi connectivity index (χ0n) is 13.2. The van der Waals surface area contributed by atoms with Crippen molar-refractivity contribution in [3.8, 4) is 0 Å². The second kappa shape index (κ2) is 7.57. The molecule has 1 fully saturated rings. The third-order valence-electron chi connectivity index (χ3n) is 4.30. The van der Waals surface area contributed by atoms with Gasteiger partial charge in [-0.2, -0.15) is 4.31 Å². The van der Waals surface area contributed by atoms with Gasteiger partial charge >= 0.3 is 0 Å². The molecule has 1 aromatic carbocycles. The van der Waals surface area contributed by atoms with E-state index in [0.29, 0.717) is 44.0 Å². The van der Waals surface area contributed by atoms with Crippen LogP contribution in [-0.2, 0) is 10.0 Å². The summed E-state index contributed by atoms with van der Waals surface area (Å²) < 4.78 is 26.9. The summed E-state index contributed by atoms with van der Waals surface area (Å²) in [6.45, 7) is 4.73. The van der Waals surface area contributed by atoms with Crippen molar-refractivity contribution >= 4 is 28.1 Å². The van der Waals surface area contributed by atoms with Gasteiger partial charge in [0.25, 0.3) is 5.69 Å². The van der Waals surface area contributed by atoms with E-state index in [1.54, 1.807) is 13.8 Å². The highest BCUT2D eigenvalue weighted by Gasteiger charge is 2.34. The molecule has 9 heteroatoms. The van der Waals surface area contributed by atoms with Crippen molar-refractivity contribution in [1.82, 2.24) is 4.31 Å². The molecule has 0 bridgehead atoms. The van der Waals surface area contributed by atoms with E-state index in [-0.39, 0.29) is 23.0 Å². The van der Waals surface area contributed by atoms with Gasteiger partial charge in [-0.25, -0.2) is 8.42 Å². The van der Waals surface area contributed by atoms with Crippen LogP contribution in [-0.4, -0.2) is 37.3 Å². The van der Waals surface area contributed by atoms with Gasteiger partial charge in [0, 0.05) is 19.2 Å². The summed E-state index contributed by atoms with van der Waals surface area (Å²) >= 11 is 0. The first-order chi connectivity index (χ1) is 10.3. The van der Waals surface area contributed by atoms with Gasteiger partial charge in [-0.05, 0) is 56.3 Å². The van der Waals surface area contributed by atoms with E-state index in [0.717, 1.165) is 5.56 Å². The molecular formula is C14H22ClN3O4S. The largest absolute Gasteiger partial charge is 0.330 e. The molecule has 7 nitrogen and oxygen atoms in total. The monoisotopic (exact) mass is 363 g/mol. The Kier molecular flexibility index (Phi) is 6.52. The Balaban J connectivity index is 0.00000264. The molecule has 0 aliphatic carbocycles. The van der Waals surface area contributed by atoms with Gasteiger partial charge < -0.3 is 5.73 Å². The fraction of sp³-hybridized carbons (Fsp3) is 0.571. The first kappa shape index (κ1) is 19.8. The molecule has 1 aliphatic heterocycles. The molecule has 0 amide bonds. The molecule has 0 unspecified atom stereocenters. The van der Waals surface area contributed by atoms with E-state index in [1.165, 1.54) is 16.4 Å². The van der Waals surface area contributed by atoms with Crippen LogP contribution in [0.25, 0.3) is 0 Å². The third kappa shape index (κ3) is 4.00. The van der Waals surface area contributed by atoms with Crippen LogP contribution in [0.2, 0.25) is 0 Å². The Morgan fingerprint density at radius 1 is 1.26 bits per heavy atom. The van der Waals surface area contributed by atoms with Crippen molar-refractivity contribution in [2.24, 2.45) is 11.7 Å². The third-order valence-corrected chi connectivity index (χ3v) is 6.22. The smallest absolute Gasteiger partial charge is 0.289 e. The van der Waals surface area contributed by atoms with E-state index in [2.05, 4.69) is 0 Å². The Morgan fingerprint density at radius 3 is 2.26 bits per heavy atom. The van der Waals surface area contributed by atoms with Crippen LogP contribution in [0.4, 0.5) is 5.69 Å². The highest BCUT2D eigenvalue weighted by Crippen LogP contribution is 2.31. The van der Waals surface area contributed by atoms with Crippen molar-refractivity contribution in [2.75, 3.05) is 19.6 Å². The quantitative estimate of drug-likeness (QED) is 0.650. The standard InChI is InChI=1S/C14H21N3O4S.ClH/c1-10-7-13(17(18)19)14(8-11(10)2)22(20,21)16-5-3-12(9-15)4-6-16;/h7-8,12H,3-6,9,15H2,1-2H3;1H. The van der Waals surface area contributed by atoms with Crippen LogP contribution < -0.4 is 5.73 Å². The fourth-order valence-corrected chi connectivity index (χ4v) is 4.34. The number of rotatable bonds is 4. The summed E-state index contributed by atoms with van der Waals surface area (Å²) in [6, 6.07) is 2.73. The Hall–Kier alpha value is -1.22. The van der Waals surface area contributed by atoms with Gasteiger partial charge in [-0.3, -0.25) is 10.1 Å². The van der Waals surface area contributed by atoms with Crippen LogP contribution in [0, 0.1) is 29.9 Å². The summed E-state index contributed by atoms with van der Waals surface area (Å²) in [5.41, 5.74) is 6.68. The number of hydrogen-bond acceptors (Lipinski definition) is 5. The molecule has 0 radical (unpaired) electrons. The van der Waals surface area contributed by atoms with Crippen molar-refractivity contribution in [1.29, 1.82) is 0 Å². The van der Waals surface area contributed by atoms with Gasteiger partial charge in [0.15, 0.2) is 4.90 Å². The first-order valence-corrected chi connectivity index (χ1v) is 8.67. The Morgan fingerprint density at radius 2 is 1.78 bits per heavy atom. The molecular weight excluding hydrogens is 342 g/mol. The summed E-state index contributed by atoms with van der Waals surface area (Å²) in [5.74, 6) is 0.321. The maximum atomic E-state index is 12.8. The van der Waals surface area contributed by atoms with E-state index < -0.39 is 14.9 Å². The van der Waals surface area contributed by atoms with Crippen LogP contribution in [0.3, 0.4) is 0 Å². The van der Waals surface area contributed by atoms with Crippen molar-refractivity contribution in [3.05, 3.63) is 33.4 Å². The van der Waals surface area contributed by atoms with Gasteiger partial charge in [-0.15, -0.1) is 12.4 Å². The van der Waals surface area contributed by atoms with Crippen molar-refractivity contribution in [3.63, 3.8) is 0 Å². The van der Waals surface area contributed by atoms with Gasteiger partial charge in [-0.1, -0.05) is 0 Å². The number of nitro groups is 1. The summed E-state index contributed by atoms with van der Waals surface area (Å²) in [7, 11) is -3.86. The number of halogens is 1. The van der Waals surface area contributed by atoms with Gasteiger partial charge in [0.2, 0.25) is 10.0 Å². The maximum absolute atomic E-state index is 12.8. The molecule has 0 atom stereocenters. The number of nitrogens with two attached hydrogens (primary N) is 1.